The molecule has 0 fully saturated rings. The summed E-state index contributed by atoms with van der Waals surface area (Å²) < 4.78 is 25.9. The maximum atomic E-state index is 13.0. The Kier molecular flexibility index (Phi) is 4.52. The monoisotopic (exact) mass is 291 g/mol. The van der Waals surface area contributed by atoms with Crippen LogP contribution < -0.4 is 4.90 Å². The lowest BCUT2D eigenvalue weighted by Crippen LogP contribution is -2.38. The molecule has 2 aromatic rings. The van der Waals surface area contributed by atoms with Gasteiger partial charge in [-0.3, -0.25) is 0 Å². The van der Waals surface area contributed by atoms with Crippen molar-refractivity contribution < 1.29 is 18.7 Å². The third kappa shape index (κ3) is 3.78. The van der Waals surface area contributed by atoms with E-state index in [1.54, 1.807) is 24.0 Å². The Hall–Kier alpha value is -2.43. The smallest absolute Gasteiger partial charge is 0.326 e. The third-order valence-electron chi connectivity index (χ3n) is 3.25. The molecule has 1 N–H and O–H groups in total. The van der Waals surface area contributed by atoms with Crippen LogP contribution in [0.3, 0.4) is 0 Å². The number of carboxylic acid groups (broad SMARTS) is 1. The average Bonchev–Trinajstić information content (AvgIpc) is 2.47. The second-order valence-electron chi connectivity index (χ2n) is 4.74. The molecule has 0 spiro atoms. The standard InChI is InChI=1S/C16H15F2NO2/c1-11(16(20)21)19(15-8-6-14(18)7-9-15)10-12-2-4-13(17)5-3-12/h2-9,11H,10H2,1H3,(H,20,21)/t11-/m0/s1. The number of rotatable bonds is 5. The highest BCUT2D eigenvalue weighted by atomic mass is 19.1. The van der Waals surface area contributed by atoms with Crippen LogP contribution in [0.5, 0.6) is 0 Å². The fraction of sp³-hybridized carbons (Fsp3) is 0.188. The normalized spacial score (nSPS) is 12.0. The quantitative estimate of drug-likeness (QED) is 0.917. The van der Waals surface area contributed by atoms with Gasteiger partial charge in [0.15, 0.2) is 0 Å². The van der Waals surface area contributed by atoms with Gasteiger partial charge in [-0.1, -0.05) is 12.1 Å². The molecular weight excluding hydrogens is 276 g/mol. The van der Waals surface area contributed by atoms with Gasteiger partial charge in [-0.2, -0.15) is 0 Å². The van der Waals surface area contributed by atoms with Crippen LogP contribution in [0.4, 0.5) is 14.5 Å². The number of aliphatic carboxylic acids is 1. The van der Waals surface area contributed by atoms with Crippen LogP contribution in [0, 0.1) is 11.6 Å². The third-order valence-corrected chi connectivity index (χ3v) is 3.25. The van der Waals surface area contributed by atoms with Gasteiger partial charge in [0.25, 0.3) is 0 Å². The molecule has 0 aromatic heterocycles. The minimum atomic E-state index is -0.985. The summed E-state index contributed by atoms with van der Waals surface area (Å²) in [7, 11) is 0. The molecular formula is C16H15F2NO2. The zero-order valence-electron chi connectivity index (χ0n) is 11.5. The molecule has 0 bridgehead atoms. The van der Waals surface area contributed by atoms with Crippen LogP contribution in [-0.2, 0) is 11.3 Å². The molecule has 1 atom stereocenters. The molecule has 0 saturated heterocycles. The van der Waals surface area contributed by atoms with Crippen molar-refractivity contribution in [1.29, 1.82) is 0 Å². The predicted octanol–water partition coefficient (Wildman–Crippen LogP) is 3.44. The summed E-state index contributed by atoms with van der Waals surface area (Å²) in [5, 5.41) is 9.21. The maximum Gasteiger partial charge on any atom is 0.326 e. The van der Waals surface area contributed by atoms with Crippen molar-refractivity contribution in [1.82, 2.24) is 0 Å². The van der Waals surface area contributed by atoms with Gasteiger partial charge < -0.3 is 10.0 Å². The minimum absolute atomic E-state index is 0.291. The van der Waals surface area contributed by atoms with E-state index in [1.165, 1.54) is 36.4 Å². The molecule has 0 amide bonds. The molecule has 110 valence electrons. The Morgan fingerprint density at radius 2 is 1.52 bits per heavy atom. The summed E-state index contributed by atoms with van der Waals surface area (Å²) >= 11 is 0. The van der Waals surface area contributed by atoms with Crippen LogP contribution in [0.15, 0.2) is 48.5 Å². The molecule has 0 radical (unpaired) electrons. The lowest BCUT2D eigenvalue weighted by molar-refractivity contribution is -0.138. The van der Waals surface area contributed by atoms with Crippen LogP contribution in [0.1, 0.15) is 12.5 Å². The van der Waals surface area contributed by atoms with Crippen molar-refractivity contribution in [2.75, 3.05) is 4.90 Å². The highest BCUT2D eigenvalue weighted by Crippen LogP contribution is 2.21. The van der Waals surface area contributed by atoms with Gasteiger partial charge in [0, 0.05) is 12.2 Å². The zero-order valence-corrected chi connectivity index (χ0v) is 11.5. The van der Waals surface area contributed by atoms with Crippen LogP contribution >= 0.6 is 0 Å². The van der Waals surface area contributed by atoms with E-state index in [-0.39, 0.29) is 11.6 Å². The van der Waals surface area contributed by atoms with E-state index in [9.17, 15) is 18.7 Å². The highest BCUT2D eigenvalue weighted by molar-refractivity contribution is 5.77. The molecule has 5 heteroatoms. The van der Waals surface area contributed by atoms with E-state index in [2.05, 4.69) is 0 Å². The number of nitrogens with zero attached hydrogens (tertiary/aromatic N) is 1. The Morgan fingerprint density at radius 1 is 1.05 bits per heavy atom. The minimum Gasteiger partial charge on any atom is -0.480 e. The number of halogens is 2. The molecule has 0 unspecified atom stereocenters. The van der Waals surface area contributed by atoms with Gasteiger partial charge >= 0.3 is 5.97 Å². The Morgan fingerprint density at radius 3 is 2.00 bits per heavy atom. The Balaban J connectivity index is 2.29. The first-order valence-corrected chi connectivity index (χ1v) is 6.47. The fourth-order valence-electron chi connectivity index (χ4n) is 2.00. The molecule has 0 aliphatic rings. The van der Waals surface area contributed by atoms with Gasteiger partial charge in [0.05, 0.1) is 0 Å². The highest BCUT2D eigenvalue weighted by Gasteiger charge is 2.21. The lowest BCUT2D eigenvalue weighted by atomic mass is 10.1. The number of anilines is 1. The second kappa shape index (κ2) is 6.35. The van der Waals surface area contributed by atoms with E-state index < -0.39 is 12.0 Å². The van der Waals surface area contributed by atoms with Gasteiger partial charge in [0.2, 0.25) is 0 Å². The Bertz CT molecular complexity index is 611. The van der Waals surface area contributed by atoms with Crippen LogP contribution in [-0.4, -0.2) is 17.1 Å². The molecule has 3 nitrogen and oxygen atoms in total. The van der Waals surface area contributed by atoms with Crippen molar-refractivity contribution in [3.05, 3.63) is 65.7 Å². The van der Waals surface area contributed by atoms with Crippen molar-refractivity contribution in [2.24, 2.45) is 0 Å². The maximum absolute atomic E-state index is 13.0. The summed E-state index contributed by atoms with van der Waals surface area (Å²) in [6.07, 6.45) is 0. The van der Waals surface area contributed by atoms with E-state index in [4.69, 9.17) is 0 Å². The summed E-state index contributed by atoms with van der Waals surface area (Å²) in [5.74, 6) is -1.72. The first kappa shape index (κ1) is 15.0. The fourth-order valence-corrected chi connectivity index (χ4v) is 2.00. The van der Waals surface area contributed by atoms with Gasteiger partial charge in [-0.05, 0) is 48.9 Å². The van der Waals surface area contributed by atoms with Gasteiger partial charge in [0.1, 0.15) is 17.7 Å². The van der Waals surface area contributed by atoms with Crippen molar-refractivity contribution in [3.8, 4) is 0 Å². The number of hydrogen-bond acceptors (Lipinski definition) is 2. The second-order valence-corrected chi connectivity index (χ2v) is 4.74. The van der Waals surface area contributed by atoms with Crippen LogP contribution in [0.2, 0.25) is 0 Å². The molecule has 0 heterocycles. The van der Waals surface area contributed by atoms with E-state index in [0.29, 0.717) is 12.2 Å². The van der Waals surface area contributed by atoms with Crippen molar-refractivity contribution in [2.45, 2.75) is 19.5 Å². The van der Waals surface area contributed by atoms with E-state index in [0.717, 1.165) is 5.56 Å². The molecule has 2 aromatic carbocycles. The van der Waals surface area contributed by atoms with Gasteiger partial charge in [-0.15, -0.1) is 0 Å². The SMILES string of the molecule is C[C@@H](C(=O)O)N(Cc1ccc(F)cc1)c1ccc(F)cc1. The average molecular weight is 291 g/mol. The number of carboxylic acids is 1. The topological polar surface area (TPSA) is 40.5 Å². The first-order chi connectivity index (χ1) is 9.97. The van der Waals surface area contributed by atoms with Crippen molar-refractivity contribution in [3.63, 3.8) is 0 Å². The van der Waals surface area contributed by atoms with Crippen molar-refractivity contribution >= 4 is 11.7 Å². The summed E-state index contributed by atoms with van der Waals surface area (Å²) in [4.78, 5) is 12.9. The largest absolute Gasteiger partial charge is 0.480 e. The molecule has 21 heavy (non-hydrogen) atoms. The van der Waals surface area contributed by atoms with Gasteiger partial charge in [-0.25, -0.2) is 13.6 Å². The zero-order chi connectivity index (χ0) is 15.4. The van der Waals surface area contributed by atoms with E-state index >= 15 is 0 Å². The number of benzene rings is 2. The molecule has 0 saturated carbocycles. The molecule has 0 aliphatic carbocycles. The Labute approximate surface area is 121 Å². The summed E-state index contributed by atoms with van der Waals surface area (Å²) in [6, 6.07) is 10.7. The molecule has 2 rings (SSSR count). The van der Waals surface area contributed by atoms with Crippen LogP contribution in [0.25, 0.3) is 0 Å². The number of hydrogen-bond donors (Lipinski definition) is 1. The summed E-state index contributed by atoms with van der Waals surface area (Å²) in [5.41, 5.74) is 1.37. The van der Waals surface area contributed by atoms with E-state index in [1.807, 2.05) is 0 Å². The number of carbonyl (C=O) groups is 1. The lowest BCUT2D eigenvalue weighted by Gasteiger charge is -2.28. The predicted molar refractivity (Wildman–Crippen MR) is 76.1 cm³/mol. The first-order valence-electron chi connectivity index (χ1n) is 6.47. The molecule has 0 aliphatic heterocycles. The summed E-state index contributed by atoms with van der Waals surface area (Å²) in [6.45, 7) is 1.84.